The lowest BCUT2D eigenvalue weighted by Crippen LogP contribution is -2.26. The van der Waals surface area contributed by atoms with Gasteiger partial charge >= 0.3 is 0 Å². The minimum absolute atomic E-state index is 0.110. The second-order valence-corrected chi connectivity index (χ2v) is 4.60. The molecule has 0 saturated carbocycles. The molecule has 0 aliphatic carbocycles. The molecule has 0 aliphatic heterocycles. The largest absolute Gasteiger partial charge is 0.508 e. The number of nitrogen functional groups attached to an aromatic ring is 1. The molecule has 0 atom stereocenters. The zero-order valence-electron chi connectivity index (χ0n) is 11.1. The fourth-order valence-electron chi connectivity index (χ4n) is 1.90. The Bertz CT molecular complexity index is 641. The summed E-state index contributed by atoms with van der Waals surface area (Å²) in [7, 11) is 1.65. The van der Waals surface area contributed by atoms with Crippen molar-refractivity contribution in [1.82, 2.24) is 4.90 Å². The molecule has 2 aromatic rings. The molecule has 0 heterocycles. The van der Waals surface area contributed by atoms with E-state index >= 15 is 0 Å². The van der Waals surface area contributed by atoms with Gasteiger partial charge in [-0.25, -0.2) is 0 Å². The summed E-state index contributed by atoms with van der Waals surface area (Å²) in [6.45, 7) is 0.359. The van der Waals surface area contributed by atoms with Crippen LogP contribution in [-0.4, -0.2) is 28.1 Å². The van der Waals surface area contributed by atoms with Crippen LogP contribution in [0, 0.1) is 0 Å². The van der Waals surface area contributed by atoms with Crippen LogP contribution in [0.25, 0.3) is 0 Å². The number of phenols is 2. The molecule has 20 heavy (non-hydrogen) atoms. The average Bonchev–Trinajstić information content (AvgIpc) is 2.41. The minimum atomic E-state index is -0.233. The Balaban J connectivity index is 2.14. The van der Waals surface area contributed by atoms with Crippen LogP contribution in [0.4, 0.5) is 5.69 Å². The summed E-state index contributed by atoms with van der Waals surface area (Å²) in [5, 5.41) is 18.9. The van der Waals surface area contributed by atoms with Gasteiger partial charge in [-0.15, -0.1) is 0 Å². The highest BCUT2D eigenvalue weighted by atomic mass is 16.3. The van der Waals surface area contributed by atoms with Crippen LogP contribution >= 0.6 is 0 Å². The molecule has 2 aromatic carbocycles. The second kappa shape index (κ2) is 5.52. The van der Waals surface area contributed by atoms with E-state index in [2.05, 4.69) is 0 Å². The average molecular weight is 272 g/mol. The number of carbonyl (C=O) groups excluding carboxylic acids is 1. The Hall–Kier alpha value is -2.69. The Kier molecular flexibility index (Phi) is 3.79. The maximum Gasteiger partial charge on any atom is 0.254 e. The van der Waals surface area contributed by atoms with Gasteiger partial charge in [0.1, 0.15) is 11.5 Å². The fraction of sp³-hybridized carbons (Fsp3) is 0.133. The summed E-state index contributed by atoms with van der Waals surface area (Å²) < 4.78 is 0. The Morgan fingerprint density at radius 2 is 1.95 bits per heavy atom. The maximum absolute atomic E-state index is 12.2. The number of rotatable bonds is 3. The number of hydrogen-bond acceptors (Lipinski definition) is 4. The van der Waals surface area contributed by atoms with E-state index in [1.165, 1.54) is 17.0 Å². The van der Waals surface area contributed by atoms with E-state index in [1.807, 2.05) is 6.07 Å². The molecule has 0 aromatic heterocycles. The lowest BCUT2D eigenvalue weighted by molar-refractivity contribution is 0.0784. The Labute approximate surface area is 116 Å². The van der Waals surface area contributed by atoms with Crippen molar-refractivity contribution in [3.05, 3.63) is 53.6 Å². The monoisotopic (exact) mass is 272 g/mol. The SMILES string of the molecule is CN(Cc1cccc(O)c1)C(=O)c1ccc(N)c(O)c1. The highest BCUT2D eigenvalue weighted by Crippen LogP contribution is 2.22. The van der Waals surface area contributed by atoms with E-state index in [1.54, 1.807) is 31.3 Å². The number of hydrogen-bond donors (Lipinski definition) is 3. The van der Waals surface area contributed by atoms with E-state index in [4.69, 9.17) is 5.73 Å². The topological polar surface area (TPSA) is 86.8 Å². The van der Waals surface area contributed by atoms with Gasteiger partial charge in [0.25, 0.3) is 5.91 Å². The number of phenolic OH excluding ortho intramolecular Hbond substituents is 2. The van der Waals surface area contributed by atoms with Gasteiger partial charge in [-0.3, -0.25) is 4.79 Å². The van der Waals surface area contributed by atoms with Gasteiger partial charge < -0.3 is 20.8 Å². The smallest absolute Gasteiger partial charge is 0.254 e. The number of nitrogens with two attached hydrogens (primary N) is 1. The summed E-state index contributed by atoms with van der Waals surface area (Å²) in [4.78, 5) is 13.7. The maximum atomic E-state index is 12.2. The van der Waals surface area contributed by atoms with E-state index in [-0.39, 0.29) is 23.1 Å². The zero-order chi connectivity index (χ0) is 14.7. The first-order valence-corrected chi connectivity index (χ1v) is 6.09. The number of benzene rings is 2. The van der Waals surface area contributed by atoms with Gasteiger partial charge in [0.15, 0.2) is 0 Å². The second-order valence-electron chi connectivity index (χ2n) is 4.60. The molecule has 0 bridgehead atoms. The first kappa shape index (κ1) is 13.7. The van der Waals surface area contributed by atoms with Crippen molar-refractivity contribution in [1.29, 1.82) is 0 Å². The predicted molar refractivity (Wildman–Crippen MR) is 76.4 cm³/mol. The lowest BCUT2D eigenvalue weighted by atomic mass is 10.1. The fourth-order valence-corrected chi connectivity index (χ4v) is 1.90. The molecule has 0 fully saturated rings. The molecule has 5 nitrogen and oxygen atoms in total. The zero-order valence-corrected chi connectivity index (χ0v) is 11.1. The van der Waals surface area contributed by atoms with Crippen LogP contribution in [0.1, 0.15) is 15.9 Å². The molecule has 0 saturated heterocycles. The van der Waals surface area contributed by atoms with E-state index in [0.29, 0.717) is 12.1 Å². The molecule has 0 spiro atoms. The molecule has 5 heteroatoms. The van der Waals surface area contributed by atoms with E-state index < -0.39 is 0 Å². The highest BCUT2D eigenvalue weighted by molar-refractivity contribution is 5.95. The van der Waals surface area contributed by atoms with Crippen LogP contribution < -0.4 is 5.73 Å². The third-order valence-corrected chi connectivity index (χ3v) is 2.95. The van der Waals surface area contributed by atoms with Crippen molar-refractivity contribution in [2.45, 2.75) is 6.54 Å². The van der Waals surface area contributed by atoms with Crippen LogP contribution in [0.2, 0.25) is 0 Å². The third kappa shape index (κ3) is 3.00. The Morgan fingerprint density at radius 3 is 2.60 bits per heavy atom. The van der Waals surface area contributed by atoms with Gasteiger partial charge in [-0.2, -0.15) is 0 Å². The molecule has 0 unspecified atom stereocenters. The van der Waals surface area contributed by atoms with Crippen LogP contribution in [0.5, 0.6) is 11.5 Å². The van der Waals surface area contributed by atoms with Gasteiger partial charge in [-0.05, 0) is 35.9 Å². The molecule has 2 rings (SSSR count). The van der Waals surface area contributed by atoms with E-state index in [0.717, 1.165) is 5.56 Å². The summed E-state index contributed by atoms with van der Waals surface area (Å²) in [5.74, 6) is -0.182. The minimum Gasteiger partial charge on any atom is -0.508 e. The van der Waals surface area contributed by atoms with Gasteiger partial charge in [0.2, 0.25) is 0 Å². The number of aromatic hydroxyl groups is 2. The summed E-state index contributed by atoms with van der Waals surface area (Å²) in [5.41, 5.74) is 6.92. The molecule has 0 radical (unpaired) electrons. The highest BCUT2D eigenvalue weighted by Gasteiger charge is 2.13. The van der Waals surface area contributed by atoms with Crippen molar-refractivity contribution in [3.8, 4) is 11.5 Å². The number of amides is 1. The van der Waals surface area contributed by atoms with Gasteiger partial charge in [0, 0.05) is 19.2 Å². The number of nitrogens with zero attached hydrogens (tertiary/aromatic N) is 1. The molecular formula is C15H16N2O3. The molecule has 104 valence electrons. The molecule has 0 aliphatic rings. The van der Waals surface area contributed by atoms with Crippen molar-refractivity contribution < 1.29 is 15.0 Å². The van der Waals surface area contributed by atoms with Crippen LogP contribution in [0.15, 0.2) is 42.5 Å². The van der Waals surface area contributed by atoms with Gasteiger partial charge in [-0.1, -0.05) is 12.1 Å². The van der Waals surface area contributed by atoms with Gasteiger partial charge in [0.05, 0.1) is 5.69 Å². The Morgan fingerprint density at radius 1 is 1.20 bits per heavy atom. The molecular weight excluding hydrogens is 256 g/mol. The summed E-state index contributed by atoms with van der Waals surface area (Å²) >= 11 is 0. The number of anilines is 1. The first-order chi connectivity index (χ1) is 9.47. The molecule has 1 amide bonds. The standard InChI is InChI=1S/C15H16N2O3/c1-17(9-10-3-2-4-12(18)7-10)15(20)11-5-6-13(16)14(19)8-11/h2-8,18-19H,9,16H2,1H3. The normalized spacial score (nSPS) is 10.2. The predicted octanol–water partition coefficient (Wildman–Crippen LogP) is 1.95. The lowest BCUT2D eigenvalue weighted by Gasteiger charge is -2.17. The third-order valence-electron chi connectivity index (χ3n) is 2.95. The number of carbonyl (C=O) groups is 1. The van der Waals surface area contributed by atoms with Crippen LogP contribution in [-0.2, 0) is 6.54 Å². The summed E-state index contributed by atoms with van der Waals surface area (Å²) in [6.07, 6.45) is 0. The first-order valence-electron chi connectivity index (χ1n) is 6.09. The molecule has 4 N–H and O–H groups in total. The van der Waals surface area contributed by atoms with Crippen molar-refractivity contribution in [3.63, 3.8) is 0 Å². The van der Waals surface area contributed by atoms with Crippen molar-refractivity contribution in [2.24, 2.45) is 0 Å². The quantitative estimate of drug-likeness (QED) is 0.588. The van der Waals surface area contributed by atoms with E-state index in [9.17, 15) is 15.0 Å². The van der Waals surface area contributed by atoms with Crippen LogP contribution in [0.3, 0.4) is 0 Å². The summed E-state index contributed by atoms with van der Waals surface area (Å²) in [6, 6.07) is 11.1. The van der Waals surface area contributed by atoms with Crippen molar-refractivity contribution in [2.75, 3.05) is 12.8 Å². The van der Waals surface area contributed by atoms with Crippen molar-refractivity contribution >= 4 is 11.6 Å².